The minimum absolute atomic E-state index is 0.0161. The van der Waals surface area contributed by atoms with Gasteiger partial charge in [0.2, 0.25) is 0 Å². The minimum atomic E-state index is -0.198. The number of phenols is 1. The van der Waals surface area contributed by atoms with Crippen LogP contribution in [-0.4, -0.2) is 40.6 Å². The van der Waals surface area contributed by atoms with Crippen LogP contribution in [0.3, 0.4) is 0 Å². The average Bonchev–Trinajstić information content (AvgIpc) is 2.31. The average molecular weight is 298 g/mol. The smallest absolute Gasteiger partial charge is 0.163 e. The second-order valence-corrected chi connectivity index (χ2v) is 6.14. The van der Waals surface area contributed by atoms with Gasteiger partial charge in [-0.1, -0.05) is 11.6 Å². The van der Waals surface area contributed by atoms with Crippen molar-refractivity contribution in [1.82, 2.24) is 4.90 Å². The summed E-state index contributed by atoms with van der Waals surface area (Å²) in [5.41, 5.74) is 0.921. The van der Waals surface area contributed by atoms with Gasteiger partial charge >= 0.3 is 0 Å². The molecule has 0 spiro atoms. The van der Waals surface area contributed by atoms with E-state index in [0.29, 0.717) is 23.0 Å². The SMILES string of the molecule is CC(=O)c1cc(Cl)cc(CN(C)CC2CC(O)C2)c1O. The lowest BCUT2D eigenvalue weighted by Gasteiger charge is -2.34. The van der Waals surface area contributed by atoms with Crippen LogP contribution in [0, 0.1) is 5.92 Å². The number of aromatic hydroxyl groups is 1. The Morgan fingerprint density at radius 3 is 2.65 bits per heavy atom. The molecule has 0 aliphatic heterocycles. The fourth-order valence-corrected chi connectivity index (χ4v) is 2.93. The van der Waals surface area contributed by atoms with Gasteiger partial charge in [-0.3, -0.25) is 4.79 Å². The number of aliphatic hydroxyl groups excluding tert-OH is 1. The first-order chi connectivity index (χ1) is 9.36. The van der Waals surface area contributed by atoms with Crippen LogP contribution < -0.4 is 0 Å². The van der Waals surface area contributed by atoms with Crippen molar-refractivity contribution in [1.29, 1.82) is 0 Å². The van der Waals surface area contributed by atoms with E-state index in [1.165, 1.54) is 13.0 Å². The molecule has 2 rings (SSSR count). The molecule has 1 aliphatic rings. The topological polar surface area (TPSA) is 60.8 Å². The molecule has 1 aromatic carbocycles. The summed E-state index contributed by atoms with van der Waals surface area (Å²) in [6.07, 6.45) is 1.52. The van der Waals surface area contributed by atoms with E-state index in [-0.39, 0.29) is 23.2 Å². The monoisotopic (exact) mass is 297 g/mol. The molecule has 0 atom stereocenters. The molecule has 5 heteroatoms. The van der Waals surface area contributed by atoms with Gasteiger partial charge in [-0.25, -0.2) is 0 Å². The van der Waals surface area contributed by atoms with Gasteiger partial charge in [0.15, 0.2) is 5.78 Å². The number of hydrogen-bond donors (Lipinski definition) is 2. The van der Waals surface area contributed by atoms with E-state index in [1.54, 1.807) is 6.07 Å². The molecule has 0 aromatic heterocycles. The second-order valence-electron chi connectivity index (χ2n) is 5.71. The van der Waals surface area contributed by atoms with E-state index in [1.807, 2.05) is 7.05 Å². The second kappa shape index (κ2) is 6.12. The molecular weight excluding hydrogens is 278 g/mol. The summed E-state index contributed by atoms with van der Waals surface area (Å²) in [5, 5.41) is 19.9. The normalized spacial score (nSPS) is 21.9. The largest absolute Gasteiger partial charge is 0.507 e. The molecule has 0 saturated heterocycles. The molecule has 1 saturated carbocycles. The maximum atomic E-state index is 11.5. The van der Waals surface area contributed by atoms with Gasteiger partial charge in [0.25, 0.3) is 0 Å². The Hall–Kier alpha value is -1.10. The Balaban J connectivity index is 2.06. The van der Waals surface area contributed by atoms with Crippen molar-refractivity contribution in [2.45, 2.75) is 32.4 Å². The molecule has 20 heavy (non-hydrogen) atoms. The lowest BCUT2D eigenvalue weighted by molar-refractivity contribution is 0.0273. The molecule has 0 amide bonds. The Kier molecular flexibility index (Phi) is 4.68. The maximum absolute atomic E-state index is 11.5. The zero-order chi connectivity index (χ0) is 14.9. The van der Waals surface area contributed by atoms with Crippen LogP contribution in [0.4, 0.5) is 0 Å². The van der Waals surface area contributed by atoms with Gasteiger partial charge in [0, 0.05) is 23.7 Å². The Morgan fingerprint density at radius 1 is 1.45 bits per heavy atom. The first-order valence-electron chi connectivity index (χ1n) is 6.75. The van der Waals surface area contributed by atoms with Gasteiger partial charge in [-0.15, -0.1) is 0 Å². The van der Waals surface area contributed by atoms with Crippen molar-refractivity contribution in [2.24, 2.45) is 5.92 Å². The molecule has 110 valence electrons. The Labute approximate surface area is 124 Å². The van der Waals surface area contributed by atoms with E-state index in [0.717, 1.165) is 19.4 Å². The number of hydrogen-bond acceptors (Lipinski definition) is 4. The number of rotatable bonds is 5. The highest BCUT2D eigenvalue weighted by atomic mass is 35.5. The van der Waals surface area contributed by atoms with E-state index in [2.05, 4.69) is 4.90 Å². The van der Waals surface area contributed by atoms with Crippen LogP contribution in [0.15, 0.2) is 12.1 Å². The van der Waals surface area contributed by atoms with Crippen LogP contribution in [0.2, 0.25) is 5.02 Å². The molecule has 0 unspecified atom stereocenters. The van der Waals surface area contributed by atoms with Crippen LogP contribution >= 0.6 is 11.6 Å². The number of phenolic OH excluding ortho intramolecular Hbond substituents is 1. The molecule has 1 aromatic rings. The fourth-order valence-electron chi connectivity index (χ4n) is 2.69. The molecular formula is C15H20ClNO3. The predicted molar refractivity (Wildman–Crippen MR) is 78.2 cm³/mol. The number of nitrogens with zero attached hydrogens (tertiary/aromatic N) is 1. The maximum Gasteiger partial charge on any atom is 0.163 e. The van der Waals surface area contributed by atoms with Gasteiger partial charge < -0.3 is 15.1 Å². The Morgan fingerprint density at radius 2 is 2.10 bits per heavy atom. The first-order valence-corrected chi connectivity index (χ1v) is 7.13. The summed E-state index contributed by atoms with van der Waals surface area (Å²) in [4.78, 5) is 13.5. The summed E-state index contributed by atoms with van der Waals surface area (Å²) in [6.45, 7) is 2.80. The third-order valence-electron chi connectivity index (χ3n) is 3.75. The molecule has 0 heterocycles. The highest BCUT2D eigenvalue weighted by Gasteiger charge is 2.28. The van der Waals surface area contributed by atoms with Crippen LogP contribution in [-0.2, 0) is 6.54 Å². The summed E-state index contributed by atoms with van der Waals surface area (Å²) in [6, 6.07) is 3.18. The van der Waals surface area contributed by atoms with Crippen molar-refractivity contribution in [3.63, 3.8) is 0 Å². The predicted octanol–water partition coefficient (Wildman–Crippen LogP) is 2.45. The van der Waals surface area contributed by atoms with Crippen molar-refractivity contribution < 1.29 is 15.0 Å². The highest BCUT2D eigenvalue weighted by Crippen LogP contribution is 2.31. The fraction of sp³-hybridized carbons (Fsp3) is 0.533. The third kappa shape index (κ3) is 3.51. The van der Waals surface area contributed by atoms with Crippen LogP contribution in [0.5, 0.6) is 5.75 Å². The number of benzene rings is 1. The summed E-state index contributed by atoms with van der Waals surface area (Å²) in [7, 11) is 1.96. The van der Waals surface area contributed by atoms with E-state index in [9.17, 15) is 15.0 Å². The van der Waals surface area contributed by atoms with Gasteiger partial charge in [0.1, 0.15) is 5.75 Å². The number of aliphatic hydroxyl groups is 1. The number of ketones is 1. The summed E-state index contributed by atoms with van der Waals surface area (Å²) >= 11 is 6.00. The molecule has 1 fully saturated rings. The van der Waals surface area contributed by atoms with Crippen molar-refractivity contribution in [3.05, 3.63) is 28.3 Å². The standard InChI is InChI=1S/C15H20ClNO3/c1-9(18)14-6-12(16)5-11(15(14)20)8-17(2)7-10-3-13(19)4-10/h5-6,10,13,19-20H,3-4,7-8H2,1-2H3. The van der Waals surface area contributed by atoms with Crippen LogP contribution in [0.1, 0.15) is 35.7 Å². The third-order valence-corrected chi connectivity index (χ3v) is 3.97. The van der Waals surface area contributed by atoms with E-state index in [4.69, 9.17) is 11.6 Å². The first kappa shape index (κ1) is 15.3. The van der Waals surface area contributed by atoms with Crippen molar-refractivity contribution in [2.75, 3.05) is 13.6 Å². The summed E-state index contributed by atoms with van der Waals surface area (Å²) in [5.74, 6) is 0.321. The van der Waals surface area contributed by atoms with Crippen molar-refractivity contribution in [3.8, 4) is 5.75 Å². The zero-order valence-electron chi connectivity index (χ0n) is 11.8. The van der Waals surface area contributed by atoms with E-state index < -0.39 is 0 Å². The Bertz CT molecular complexity index is 512. The van der Waals surface area contributed by atoms with Gasteiger partial charge in [0.05, 0.1) is 11.7 Å². The number of carbonyl (C=O) groups is 1. The van der Waals surface area contributed by atoms with Crippen LogP contribution in [0.25, 0.3) is 0 Å². The zero-order valence-corrected chi connectivity index (χ0v) is 12.5. The van der Waals surface area contributed by atoms with Gasteiger partial charge in [-0.05, 0) is 44.9 Å². The van der Waals surface area contributed by atoms with E-state index >= 15 is 0 Å². The minimum Gasteiger partial charge on any atom is -0.507 e. The molecule has 0 bridgehead atoms. The number of carbonyl (C=O) groups excluding carboxylic acids is 1. The quantitative estimate of drug-likeness (QED) is 0.820. The highest BCUT2D eigenvalue weighted by molar-refractivity contribution is 6.31. The molecule has 2 N–H and O–H groups in total. The lowest BCUT2D eigenvalue weighted by atomic mass is 9.82. The molecule has 1 aliphatic carbocycles. The molecule has 0 radical (unpaired) electrons. The summed E-state index contributed by atoms with van der Waals surface area (Å²) < 4.78 is 0. The number of Topliss-reactive ketones (excluding diaryl/α,β-unsaturated/α-hetero) is 1. The number of halogens is 1. The van der Waals surface area contributed by atoms with Crippen molar-refractivity contribution >= 4 is 17.4 Å². The van der Waals surface area contributed by atoms with Gasteiger partial charge in [-0.2, -0.15) is 0 Å². The molecule has 4 nitrogen and oxygen atoms in total. The lowest BCUT2D eigenvalue weighted by Crippen LogP contribution is -2.36.